The first kappa shape index (κ1) is 18.4. The number of carbonyl (C=O) groups is 1. The lowest BCUT2D eigenvalue weighted by Crippen LogP contribution is -2.53. The smallest absolute Gasteiger partial charge is 0.271 e. The fraction of sp³-hybridized carbons (Fsp3) is 0.467. The Balaban J connectivity index is 1.96. The zero-order valence-corrected chi connectivity index (χ0v) is 15.1. The number of anilines is 1. The molecule has 0 unspecified atom stereocenters. The third kappa shape index (κ3) is 4.33. The zero-order valence-electron chi connectivity index (χ0n) is 13.5. The van der Waals surface area contributed by atoms with E-state index in [0.717, 1.165) is 5.69 Å². The van der Waals surface area contributed by atoms with E-state index in [4.69, 9.17) is 23.8 Å². The van der Waals surface area contributed by atoms with E-state index in [2.05, 4.69) is 10.2 Å². The van der Waals surface area contributed by atoms with Crippen molar-refractivity contribution in [2.75, 3.05) is 31.1 Å². The maximum Gasteiger partial charge on any atom is 0.271 e. The average molecular weight is 371 g/mol. The summed E-state index contributed by atoms with van der Waals surface area (Å²) >= 11 is 11.4. The number of thiocarbonyl (C=S) groups is 1. The summed E-state index contributed by atoms with van der Waals surface area (Å²) < 4.78 is 0. The lowest BCUT2D eigenvalue weighted by Gasteiger charge is -2.37. The van der Waals surface area contributed by atoms with Crippen LogP contribution in [0, 0.1) is 16.0 Å². The minimum Gasteiger partial charge on any atom is -0.367 e. The second-order valence-electron chi connectivity index (χ2n) is 5.82. The number of hydrogen-bond donors (Lipinski definition) is 1. The van der Waals surface area contributed by atoms with Gasteiger partial charge < -0.3 is 15.1 Å². The topological polar surface area (TPSA) is 78.7 Å². The van der Waals surface area contributed by atoms with Crippen LogP contribution in [0.3, 0.4) is 0 Å². The number of hydrogen-bond acceptors (Lipinski definition) is 5. The number of nitro groups is 1. The molecule has 1 aliphatic rings. The average Bonchev–Trinajstić information content (AvgIpc) is 2.54. The largest absolute Gasteiger partial charge is 0.367 e. The summed E-state index contributed by atoms with van der Waals surface area (Å²) in [4.78, 5) is 26.0. The van der Waals surface area contributed by atoms with Crippen LogP contribution in [0.4, 0.5) is 11.4 Å². The molecule has 7 nitrogen and oxygen atoms in total. The molecule has 1 N–H and O–H groups in total. The first-order valence-electron chi connectivity index (χ1n) is 7.58. The number of halogens is 1. The minimum atomic E-state index is -0.469. The van der Waals surface area contributed by atoms with Gasteiger partial charge >= 0.3 is 0 Å². The summed E-state index contributed by atoms with van der Waals surface area (Å²) in [6.07, 6.45) is 0. The highest BCUT2D eigenvalue weighted by molar-refractivity contribution is 7.80. The van der Waals surface area contributed by atoms with Crippen LogP contribution in [0.1, 0.15) is 13.8 Å². The quantitative estimate of drug-likeness (QED) is 0.500. The van der Waals surface area contributed by atoms with Crippen LogP contribution in [0.5, 0.6) is 0 Å². The molecule has 1 saturated heterocycles. The molecule has 0 aliphatic carbocycles. The highest BCUT2D eigenvalue weighted by atomic mass is 35.5. The molecule has 2 rings (SSSR count). The SMILES string of the molecule is CC(C)C(=O)NC(=S)N1CCN(c2ccc([N+](=O)[O-])cc2Cl)CC1. The van der Waals surface area contributed by atoms with E-state index in [-0.39, 0.29) is 17.5 Å². The first-order valence-corrected chi connectivity index (χ1v) is 8.37. The molecule has 24 heavy (non-hydrogen) atoms. The Hall–Kier alpha value is -1.93. The van der Waals surface area contributed by atoms with Crippen LogP contribution in [0.2, 0.25) is 5.02 Å². The molecular weight excluding hydrogens is 352 g/mol. The Bertz CT molecular complexity index is 660. The molecule has 9 heteroatoms. The van der Waals surface area contributed by atoms with Crippen molar-refractivity contribution in [3.05, 3.63) is 33.3 Å². The van der Waals surface area contributed by atoms with Crippen LogP contribution in [0.25, 0.3) is 0 Å². The van der Waals surface area contributed by atoms with Crippen molar-refractivity contribution < 1.29 is 9.72 Å². The van der Waals surface area contributed by atoms with Crippen molar-refractivity contribution in [1.82, 2.24) is 10.2 Å². The molecule has 1 fully saturated rings. The van der Waals surface area contributed by atoms with E-state index in [0.29, 0.717) is 36.3 Å². The maximum atomic E-state index is 11.7. The number of rotatable bonds is 3. The third-order valence-electron chi connectivity index (χ3n) is 3.80. The van der Waals surface area contributed by atoms with E-state index in [1.54, 1.807) is 6.07 Å². The first-order chi connectivity index (χ1) is 11.3. The van der Waals surface area contributed by atoms with Crippen LogP contribution in [-0.2, 0) is 4.79 Å². The van der Waals surface area contributed by atoms with Gasteiger partial charge in [0.15, 0.2) is 5.11 Å². The molecule has 0 aromatic heterocycles. The van der Waals surface area contributed by atoms with E-state index in [1.165, 1.54) is 12.1 Å². The standard InChI is InChI=1S/C15H19ClN4O3S/c1-10(2)14(21)17-15(24)19-7-5-18(6-8-19)13-4-3-11(20(22)23)9-12(13)16/h3-4,9-10H,5-8H2,1-2H3,(H,17,21,24). The van der Waals surface area contributed by atoms with Gasteiger partial charge in [-0.2, -0.15) is 0 Å². The highest BCUT2D eigenvalue weighted by Gasteiger charge is 2.23. The number of piperazine rings is 1. The number of carbonyl (C=O) groups excluding carboxylic acids is 1. The number of benzene rings is 1. The summed E-state index contributed by atoms with van der Waals surface area (Å²) in [6.45, 7) is 6.23. The molecule has 0 radical (unpaired) electrons. The van der Waals surface area contributed by atoms with E-state index in [1.807, 2.05) is 18.7 Å². The molecule has 130 valence electrons. The predicted molar refractivity (Wildman–Crippen MR) is 97.5 cm³/mol. The van der Waals surface area contributed by atoms with Crippen LogP contribution >= 0.6 is 23.8 Å². The Labute approximate surface area is 150 Å². The van der Waals surface area contributed by atoms with Gasteiger partial charge in [-0.1, -0.05) is 25.4 Å². The molecule has 0 saturated carbocycles. The molecule has 1 heterocycles. The number of nitro benzene ring substituents is 1. The second-order valence-corrected chi connectivity index (χ2v) is 6.61. The lowest BCUT2D eigenvalue weighted by atomic mass is 10.2. The molecular formula is C15H19ClN4O3S. The minimum absolute atomic E-state index is 0.0278. The molecule has 1 aliphatic heterocycles. The Morgan fingerprint density at radius 3 is 2.46 bits per heavy atom. The molecule has 1 amide bonds. The van der Waals surface area contributed by atoms with Gasteiger partial charge in [-0.15, -0.1) is 0 Å². The Morgan fingerprint density at radius 2 is 1.96 bits per heavy atom. The van der Waals surface area contributed by atoms with Crippen molar-refractivity contribution in [2.24, 2.45) is 5.92 Å². The van der Waals surface area contributed by atoms with Gasteiger partial charge in [0.1, 0.15) is 0 Å². The summed E-state index contributed by atoms with van der Waals surface area (Å²) in [5.41, 5.74) is 0.735. The molecule has 0 spiro atoms. The van der Waals surface area contributed by atoms with Gasteiger partial charge in [0.05, 0.1) is 15.6 Å². The van der Waals surface area contributed by atoms with Gasteiger partial charge in [0.2, 0.25) is 5.91 Å². The molecule has 1 aromatic rings. The van der Waals surface area contributed by atoms with Crippen molar-refractivity contribution in [2.45, 2.75) is 13.8 Å². The van der Waals surface area contributed by atoms with Gasteiger partial charge in [-0.25, -0.2) is 0 Å². The van der Waals surface area contributed by atoms with Crippen molar-refractivity contribution >= 4 is 46.2 Å². The summed E-state index contributed by atoms with van der Waals surface area (Å²) in [7, 11) is 0. The third-order valence-corrected chi connectivity index (χ3v) is 4.47. The monoisotopic (exact) mass is 370 g/mol. The second kappa shape index (κ2) is 7.76. The number of nitrogens with one attached hydrogen (secondary N) is 1. The van der Waals surface area contributed by atoms with E-state index >= 15 is 0 Å². The van der Waals surface area contributed by atoms with E-state index in [9.17, 15) is 14.9 Å². The number of amides is 1. The summed E-state index contributed by atoms with van der Waals surface area (Å²) in [6, 6.07) is 4.47. The maximum absolute atomic E-state index is 11.7. The van der Waals surface area contributed by atoms with Crippen molar-refractivity contribution in [3.63, 3.8) is 0 Å². The normalized spacial score (nSPS) is 14.7. The number of non-ortho nitro benzene ring substituents is 1. The van der Waals surface area contributed by atoms with Crippen LogP contribution < -0.4 is 10.2 Å². The van der Waals surface area contributed by atoms with Gasteiger partial charge in [-0.3, -0.25) is 14.9 Å². The van der Waals surface area contributed by atoms with Crippen molar-refractivity contribution in [3.8, 4) is 0 Å². The molecule has 1 aromatic carbocycles. The summed E-state index contributed by atoms with van der Waals surface area (Å²) in [5, 5.41) is 14.3. The molecule has 0 bridgehead atoms. The number of nitrogens with zero attached hydrogens (tertiary/aromatic N) is 3. The van der Waals surface area contributed by atoms with Gasteiger partial charge in [0, 0.05) is 44.2 Å². The van der Waals surface area contributed by atoms with E-state index < -0.39 is 4.92 Å². The lowest BCUT2D eigenvalue weighted by molar-refractivity contribution is -0.384. The Kier molecular flexibility index (Phi) is 5.95. The highest BCUT2D eigenvalue weighted by Crippen LogP contribution is 2.30. The predicted octanol–water partition coefficient (Wildman–Crippen LogP) is 2.43. The summed E-state index contributed by atoms with van der Waals surface area (Å²) in [5.74, 6) is -0.219. The van der Waals surface area contributed by atoms with Gasteiger partial charge in [0.25, 0.3) is 5.69 Å². The molecule has 0 atom stereocenters. The fourth-order valence-electron chi connectivity index (χ4n) is 2.35. The fourth-order valence-corrected chi connectivity index (χ4v) is 2.92. The van der Waals surface area contributed by atoms with Crippen molar-refractivity contribution in [1.29, 1.82) is 0 Å². The van der Waals surface area contributed by atoms with Gasteiger partial charge in [-0.05, 0) is 18.3 Å². The van der Waals surface area contributed by atoms with Crippen LogP contribution in [-0.4, -0.2) is 47.0 Å². The van der Waals surface area contributed by atoms with Crippen LogP contribution in [0.15, 0.2) is 18.2 Å². The Morgan fingerprint density at radius 1 is 1.33 bits per heavy atom. The zero-order chi connectivity index (χ0) is 17.9.